The Morgan fingerprint density at radius 3 is 2.80 bits per heavy atom. The van der Waals surface area contributed by atoms with E-state index < -0.39 is 0 Å². The minimum atomic E-state index is 0.590. The maximum absolute atomic E-state index is 3.66. The van der Waals surface area contributed by atoms with E-state index in [2.05, 4.69) is 78.0 Å². The van der Waals surface area contributed by atoms with Gasteiger partial charge in [-0.15, -0.1) is 0 Å². The monoisotopic (exact) mass is 330 g/mol. The quantitative estimate of drug-likeness (QED) is 0.657. The first kappa shape index (κ1) is 16.2. The van der Waals surface area contributed by atoms with Gasteiger partial charge in [-0.25, -0.2) is 0 Å². The molecule has 128 valence electrons. The Bertz CT molecular complexity index is 874. The Morgan fingerprint density at radius 2 is 1.92 bits per heavy atom. The van der Waals surface area contributed by atoms with Crippen LogP contribution in [-0.4, -0.2) is 17.6 Å². The molecule has 2 N–H and O–H groups in total. The summed E-state index contributed by atoms with van der Waals surface area (Å²) in [5, 5.41) is 5.05. The molecule has 3 aromatic rings. The molecule has 25 heavy (non-hydrogen) atoms. The summed E-state index contributed by atoms with van der Waals surface area (Å²) in [5.41, 5.74) is 6.96. The molecule has 0 aliphatic carbocycles. The van der Waals surface area contributed by atoms with Crippen LogP contribution < -0.4 is 5.32 Å². The molecule has 4 rings (SSSR count). The molecule has 1 unspecified atom stereocenters. The minimum absolute atomic E-state index is 0.590. The smallest absolute Gasteiger partial charge is 0.0486 e. The zero-order valence-electron chi connectivity index (χ0n) is 14.9. The molecule has 1 atom stereocenters. The number of aromatic amines is 1. The lowest BCUT2D eigenvalue weighted by Crippen LogP contribution is -2.32. The van der Waals surface area contributed by atoms with E-state index in [-0.39, 0.29) is 0 Å². The molecule has 1 aromatic heterocycles. The predicted molar refractivity (Wildman–Crippen MR) is 107 cm³/mol. The maximum Gasteiger partial charge on any atom is 0.0486 e. The molecular weight excluding hydrogens is 304 g/mol. The van der Waals surface area contributed by atoms with Gasteiger partial charge in [-0.2, -0.15) is 0 Å². The van der Waals surface area contributed by atoms with Gasteiger partial charge in [0.1, 0.15) is 0 Å². The van der Waals surface area contributed by atoms with Crippen molar-refractivity contribution in [1.82, 2.24) is 10.3 Å². The highest BCUT2D eigenvalue weighted by Gasteiger charge is 2.16. The molecule has 0 fully saturated rings. The van der Waals surface area contributed by atoms with Gasteiger partial charge in [0.25, 0.3) is 0 Å². The topological polar surface area (TPSA) is 27.8 Å². The van der Waals surface area contributed by atoms with Crippen molar-refractivity contribution in [3.05, 3.63) is 77.5 Å². The fourth-order valence-electron chi connectivity index (χ4n) is 3.98. The number of benzene rings is 2. The Balaban J connectivity index is 1.37. The van der Waals surface area contributed by atoms with E-state index in [9.17, 15) is 0 Å². The number of aromatic nitrogens is 1. The van der Waals surface area contributed by atoms with E-state index in [1.165, 1.54) is 46.0 Å². The summed E-state index contributed by atoms with van der Waals surface area (Å²) >= 11 is 0. The summed E-state index contributed by atoms with van der Waals surface area (Å²) in [6.07, 6.45) is 9.14. The van der Waals surface area contributed by atoms with Crippen LogP contribution in [0.3, 0.4) is 0 Å². The summed E-state index contributed by atoms with van der Waals surface area (Å²) in [5.74, 6) is 0. The molecule has 0 radical (unpaired) electrons. The number of aryl methyl sites for hydroxylation is 2. The Morgan fingerprint density at radius 1 is 1.04 bits per heavy atom. The van der Waals surface area contributed by atoms with Crippen molar-refractivity contribution in [3.8, 4) is 0 Å². The van der Waals surface area contributed by atoms with Crippen molar-refractivity contribution in [1.29, 1.82) is 0 Å². The molecule has 0 amide bonds. The van der Waals surface area contributed by atoms with Gasteiger partial charge >= 0.3 is 0 Å². The van der Waals surface area contributed by atoms with Crippen LogP contribution in [-0.2, 0) is 6.42 Å². The number of fused-ring (bicyclic) bond motifs is 1. The van der Waals surface area contributed by atoms with Crippen LogP contribution >= 0.6 is 0 Å². The molecule has 0 spiro atoms. The van der Waals surface area contributed by atoms with E-state index in [4.69, 9.17) is 0 Å². The summed E-state index contributed by atoms with van der Waals surface area (Å²) in [6.45, 7) is 3.16. The lowest BCUT2D eigenvalue weighted by molar-refractivity contribution is 0.486. The zero-order valence-corrected chi connectivity index (χ0v) is 14.9. The first-order valence-electron chi connectivity index (χ1n) is 9.34. The van der Waals surface area contributed by atoms with Crippen LogP contribution in [0, 0.1) is 6.92 Å². The van der Waals surface area contributed by atoms with E-state index in [1.54, 1.807) is 0 Å². The van der Waals surface area contributed by atoms with E-state index in [1.807, 2.05) is 0 Å². The SMILES string of the molecule is Cc1ccc(CCCC2CC(c3ccccc3)=CCN2)c2cc[nH]c12. The van der Waals surface area contributed by atoms with Gasteiger partial charge < -0.3 is 10.3 Å². The Kier molecular flexibility index (Phi) is 4.71. The fraction of sp³-hybridized carbons (Fsp3) is 0.304. The van der Waals surface area contributed by atoms with Gasteiger partial charge in [-0.05, 0) is 60.9 Å². The molecule has 2 heterocycles. The van der Waals surface area contributed by atoms with Crippen molar-refractivity contribution in [2.45, 2.75) is 38.6 Å². The van der Waals surface area contributed by atoms with Crippen LogP contribution in [0.2, 0.25) is 0 Å². The Labute approximate surface area is 150 Å². The summed E-state index contributed by atoms with van der Waals surface area (Å²) in [4.78, 5) is 3.37. The molecule has 0 saturated heterocycles. The average molecular weight is 330 g/mol. The number of H-pyrrole nitrogens is 1. The van der Waals surface area contributed by atoms with Crippen LogP contribution in [0.1, 0.15) is 36.0 Å². The second kappa shape index (κ2) is 7.28. The third-order valence-corrected chi connectivity index (χ3v) is 5.39. The number of hydrogen-bond acceptors (Lipinski definition) is 1. The number of rotatable bonds is 5. The van der Waals surface area contributed by atoms with E-state index >= 15 is 0 Å². The van der Waals surface area contributed by atoms with Gasteiger partial charge in [-0.3, -0.25) is 0 Å². The molecule has 0 bridgehead atoms. The summed E-state index contributed by atoms with van der Waals surface area (Å²) < 4.78 is 0. The fourth-order valence-corrected chi connectivity index (χ4v) is 3.98. The Hall–Kier alpha value is -2.32. The van der Waals surface area contributed by atoms with Gasteiger partial charge in [0.05, 0.1) is 0 Å². The maximum atomic E-state index is 3.66. The highest BCUT2D eigenvalue weighted by molar-refractivity contribution is 5.85. The average Bonchev–Trinajstić information content (AvgIpc) is 3.16. The third kappa shape index (κ3) is 3.54. The first-order valence-corrected chi connectivity index (χ1v) is 9.34. The standard InChI is InChI=1S/C23H26N2/c1-17-10-11-19(22-13-15-25-23(17)22)8-5-9-21-16-20(12-14-24-21)18-6-3-2-4-7-18/h2-4,6-7,10-13,15,21,24-25H,5,8-9,14,16H2,1H3. The van der Waals surface area contributed by atoms with Gasteiger partial charge in [0.15, 0.2) is 0 Å². The number of nitrogens with one attached hydrogen (secondary N) is 2. The minimum Gasteiger partial charge on any atom is -0.361 e. The first-order chi connectivity index (χ1) is 12.3. The van der Waals surface area contributed by atoms with Crippen LogP contribution in [0.15, 0.2) is 60.8 Å². The van der Waals surface area contributed by atoms with Crippen LogP contribution in [0.25, 0.3) is 16.5 Å². The molecule has 1 aliphatic heterocycles. The van der Waals surface area contributed by atoms with E-state index in [0.29, 0.717) is 6.04 Å². The summed E-state index contributed by atoms with van der Waals surface area (Å²) in [6, 6.07) is 18.1. The van der Waals surface area contributed by atoms with Gasteiger partial charge in [0, 0.05) is 29.7 Å². The third-order valence-electron chi connectivity index (χ3n) is 5.39. The highest BCUT2D eigenvalue weighted by Crippen LogP contribution is 2.26. The zero-order chi connectivity index (χ0) is 17.1. The lowest BCUT2D eigenvalue weighted by atomic mass is 9.92. The normalized spacial score (nSPS) is 17.6. The molecular formula is C23H26N2. The molecule has 2 heteroatoms. The highest BCUT2D eigenvalue weighted by atomic mass is 14.9. The van der Waals surface area contributed by atoms with Gasteiger partial charge in [-0.1, -0.05) is 48.5 Å². The summed E-state index contributed by atoms with van der Waals surface area (Å²) in [7, 11) is 0. The predicted octanol–water partition coefficient (Wildman–Crippen LogP) is 5.24. The number of hydrogen-bond donors (Lipinski definition) is 2. The lowest BCUT2D eigenvalue weighted by Gasteiger charge is -2.24. The van der Waals surface area contributed by atoms with Gasteiger partial charge in [0.2, 0.25) is 0 Å². The van der Waals surface area contributed by atoms with Crippen molar-refractivity contribution >= 4 is 16.5 Å². The molecule has 2 nitrogen and oxygen atoms in total. The van der Waals surface area contributed by atoms with E-state index in [0.717, 1.165) is 19.4 Å². The molecule has 2 aromatic carbocycles. The molecule has 0 saturated carbocycles. The van der Waals surface area contributed by atoms with Crippen molar-refractivity contribution in [2.24, 2.45) is 0 Å². The van der Waals surface area contributed by atoms with Crippen molar-refractivity contribution in [3.63, 3.8) is 0 Å². The molecule has 1 aliphatic rings. The van der Waals surface area contributed by atoms with Crippen LogP contribution in [0.5, 0.6) is 0 Å². The second-order valence-corrected chi connectivity index (χ2v) is 7.10. The van der Waals surface area contributed by atoms with Crippen molar-refractivity contribution in [2.75, 3.05) is 6.54 Å². The largest absolute Gasteiger partial charge is 0.361 e. The van der Waals surface area contributed by atoms with Crippen LogP contribution in [0.4, 0.5) is 0 Å². The second-order valence-electron chi connectivity index (χ2n) is 7.10. The van der Waals surface area contributed by atoms with Crippen molar-refractivity contribution < 1.29 is 0 Å².